The molecule has 0 unspecified atom stereocenters. The Morgan fingerprint density at radius 2 is 1.62 bits per heavy atom. The molecule has 3 aromatic rings. The van der Waals surface area contributed by atoms with Gasteiger partial charge in [0.2, 0.25) is 0 Å². The zero-order valence-corrected chi connectivity index (χ0v) is 14.1. The second-order valence-electron chi connectivity index (χ2n) is 4.80. The van der Waals surface area contributed by atoms with Crippen LogP contribution in [0.15, 0.2) is 87.8 Å². The monoisotopic (exact) mass is 381 g/mol. The first-order valence-corrected chi connectivity index (χ1v) is 7.89. The van der Waals surface area contributed by atoms with Crippen molar-refractivity contribution in [3.05, 3.63) is 83.1 Å². The number of hydrogen-bond acceptors (Lipinski definition) is 5. The molecule has 0 radical (unpaired) electrons. The third-order valence-corrected chi connectivity index (χ3v) is 3.58. The fraction of sp³-hybridized carbons (Fsp3) is 0. The molecule has 2 aromatic carbocycles. The Morgan fingerprint density at radius 1 is 0.917 bits per heavy atom. The number of azo groups is 1. The molecular formula is C18H12BrN3O2. The highest BCUT2D eigenvalue weighted by Crippen LogP contribution is 2.21. The van der Waals surface area contributed by atoms with Gasteiger partial charge in [-0.2, -0.15) is 5.11 Å². The topological polar surface area (TPSA) is 63.9 Å². The number of carbonyl (C=O) groups excluding carboxylic acids is 1. The third kappa shape index (κ3) is 4.33. The Morgan fingerprint density at radius 3 is 2.29 bits per heavy atom. The molecule has 0 amide bonds. The molecule has 0 aliphatic heterocycles. The van der Waals surface area contributed by atoms with E-state index in [1.807, 2.05) is 6.07 Å². The zero-order valence-electron chi connectivity index (χ0n) is 12.5. The molecule has 0 spiro atoms. The number of nitrogens with zero attached hydrogens (tertiary/aromatic N) is 3. The van der Waals surface area contributed by atoms with Crippen molar-refractivity contribution in [2.45, 2.75) is 0 Å². The predicted octanol–water partition coefficient (Wildman–Crippen LogP) is 5.48. The van der Waals surface area contributed by atoms with Gasteiger partial charge >= 0.3 is 5.97 Å². The molecule has 0 atom stereocenters. The van der Waals surface area contributed by atoms with Gasteiger partial charge in [-0.1, -0.05) is 15.9 Å². The fourth-order valence-corrected chi connectivity index (χ4v) is 2.13. The Labute approximate surface area is 147 Å². The summed E-state index contributed by atoms with van der Waals surface area (Å²) in [5.74, 6) is 0.0375. The van der Waals surface area contributed by atoms with Gasteiger partial charge in [0.25, 0.3) is 0 Å². The fourth-order valence-electron chi connectivity index (χ4n) is 1.86. The minimum atomic E-state index is -0.410. The van der Waals surface area contributed by atoms with E-state index in [-0.39, 0.29) is 0 Å². The maximum Gasteiger partial charge on any atom is 0.343 e. The van der Waals surface area contributed by atoms with Crippen molar-refractivity contribution in [2.75, 3.05) is 0 Å². The van der Waals surface area contributed by atoms with Gasteiger partial charge in [-0.15, -0.1) is 5.11 Å². The summed E-state index contributed by atoms with van der Waals surface area (Å²) in [7, 11) is 0. The van der Waals surface area contributed by atoms with E-state index in [0.29, 0.717) is 22.7 Å². The SMILES string of the molecule is O=C(Oc1ccc(N=Nc2cccnc2)cc1)c1ccc(Br)cc1. The highest BCUT2D eigenvalue weighted by Gasteiger charge is 2.08. The second kappa shape index (κ2) is 7.61. The summed E-state index contributed by atoms with van der Waals surface area (Å²) in [6.45, 7) is 0. The molecule has 6 heteroatoms. The highest BCUT2D eigenvalue weighted by atomic mass is 79.9. The van der Waals surface area contributed by atoms with Gasteiger partial charge in [0.05, 0.1) is 17.4 Å². The molecule has 0 bridgehead atoms. The summed E-state index contributed by atoms with van der Waals surface area (Å²) in [5.41, 5.74) is 1.81. The van der Waals surface area contributed by atoms with Crippen LogP contribution in [-0.2, 0) is 0 Å². The van der Waals surface area contributed by atoms with Crippen LogP contribution in [0.5, 0.6) is 5.75 Å². The van der Waals surface area contributed by atoms with Crippen LogP contribution in [0.1, 0.15) is 10.4 Å². The van der Waals surface area contributed by atoms with Crippen LogP contribution >= 0.6 is 15.9 Å². The molecule has 5 nitrogen and oxygen atoms in total. The van der Waals surface area contributed by atoms with Gasteiger partial charge in [0.15, 0.2) is 0 Å². The Balaban J connectivity index is 1.65. The summed E-state index contributed by atoms with van der Waals surface area (Å²) in [6, 6.07) is 17.4. The largest absolute Gasteiger partial charge is 0.423 e. The Hall–Kier alpha value is -2.86. The average Bonchev–Trinajstić information content (AvgIpc) is 2.62. The average molecular weight is 382 g/mol. The van der Waals surface area contributed by atoms with Crippen LogP contribution in [0.2, 0.25) is 0 Å². The Kier molecular flexibility index (Phi) is 5.08. The molecular weight excluding hydrogens is 370 g/mol. The standard InChI is InChI=1S/C18H12BrN3O2/c19-14-5-3-13(4-6-14)18(23)24-17-9-7-15(8-10-17)21-22-16-2-1-11-20-12-16/h1-12H. The first-order valence-electron chi connectivity index (χ1n) is 7.10. The van der Waals surface area contributed by atoms with Gasteiger partial charge in [-0.05, 0) is 60.7 Å². The summed E-state index contributed by atoms with van der Waals surface area (Å²) in [5, 5.41) is 8.18. The molecule has 24 heavy (non-hydrogen) atoms. The van der Waals surface area contributed by atoms with E-state index in [0.717, 1.165) is 4.47 Å². The molecule has 1 aromatic heterocycles. The van der Waals surface area contributed by atoms with Crippen molar-refractivity contribution < 1.29 is 9.53 Å². The molecule has 3 rings (SSSR count). The quantitative estimate of drug-likeness (QED) is 0.341. The molecule has 0 N–H and O–H groups in total. The predicted molar refractivity (Wildman–Crippen MR) is 94.0 cm³/mol. The number of carbonyl (C=O) groups is 1. The first-order chi connectivity index (χ1) is 11.7. The smallest absolute Gasteiger partial charge is 0.343 e. The van der Waals surface area contributed by atoms with Crippen LogP contribution in [0, 0.1) is 0 Å². The number of halogens is 1. The summed E-state index contributed by atoms with van der Waals surface area (Å²) in [6.07, 6.45) is 3.30. The number of rotatable bonds is 4. The van der Waals surface area contributed by atoms with E-state index in [9.17, 15) is 4.79 Å². The summed E-state index contributed by atoms with van der Waals surface area (Å²) < 4.78 is 6.23. The third-order valence-electron chi connectivity index (χ3n) is 3.05. The van der Waals surface area contributed by atoms with Crippen LogP contribution in [0.25, 0.3) is 0 Å². The molecule has 118 valence electrons. The van der Waals surface area contributed by atoms with Crippen molar-refractivity contribution in [2.24, 2.45) is 10.2 Å². The van der Waals surface area contributed by atoms with Crippen molar-refractivity contribution in [1.29, 1.82) is 0 Å². The minimum Gasteiger partial charge on any atom is -0.423 e. The molecule has 0 saturated heterocycles. The maximum absolute atomic E-state index is 12.0. The van der Waals surface area contributed by atoms with Gasteiger partial charge in [-0.25, -0.2) is 4.79 Å². The van der Waals surface area contributed by atoms with E-state index in [2.05, 4.69) is 31.1 Å². The van der Waals surface area contributed by atoms with Crippen molar-refractivity contribution in [3.8, 4) is 5.75 Å². The number of benzene rings is 2. The van der Waals surface area contributed by atoms with E-state index in [4.69, 9.17) is 4.74 Å². The molecule has 0 fully saturated rings. The number of ether oxygens (including phenoxy) is 1. The molecule has 1 heterocycles. The van der Waals surface area contributed by atoms with Gasteiger partial charge < -0.3 is 4.74 Å². The zero-order chi connectivity index (χ0) is 16.8. The molecule has 0 aliphatic carbocycles. The molecule has 0 aliphatic rings. The van der Waals surface area contributed by atoms with E-state index < -0.39 is 5.97 Å². The van der Waals surface area contributed by atoms with Gasteiger partial charge in [0.1, 0.15) is 11.4 Å². The first kappa shape index (κ1) is 16.0. The molecule has 0 saturated carbocycles. The number of pyridine rings is 1. The van der Waals surface area contributed by atoms with E-state index >= 15 is 0 Å². The van der Waals surface area contributed by atoms with Gasteiger partial charge in [0, 0.05) is 10.7 Å². The highest BCUT2D eigenvalue weighted by molar-refractivity contribution is 9.10. The van der Waals surface area contributed by atoms with Crippen molar-refractivity contribution in [3.63, 3.8) is 0 Å². The van der Waals surface area contributed by atoms with Crippen LogP contribution in [0.4, 0.5) is 11.4 Å². The normalized spacial score (nSPS) is 10.7. The Bertz CT molecular complexity index is 848. The van der Waals surface area contributed by atoms with E-state index in [1.54, 1.807) is 67.0 Å². The lowest BCUT2D eigenvalue weighted by Gasteiger charge is -2.04. The number of aromatic nitrogens is 1. The van der Waals surface area contributed by atoms with Crippen molar-refractivity contribution >= 4 is 33.3 Å². The summed E-state index contributed by atoms with van der Waals surface area (Å²) >= 11 is 3.33. The minimum absolute atomic E-state index is 0.410. The number of hydrogen-bond donors (Lipinski definition) is 0. The van der Waals surface area contributed by atoms with Crippen molar-refractivity contribution in [1.82, 2.24) is 4.98 Å². The lowest BCUT2D eigenvalue weighted by atomic mass is 10.2. The second-order valence-corrected chi connectivity index (χ2v) is 5.72. The van der Waals surface area contributed by atoms with E-state index in [1.165, 1.54) is 0 Å². The van der Waals surface area contributed by atoms with Crippen LogP contribution < -0.4 is 4.74 Å². The van der Waals surface area contributed by atoms with Crippen LogP contribution in [0.3, 0.4) is 0 Å². The lowest BCUT2D eigenvalue weighted by molar-refractivity contribution is 0.0735. The maximum atomic E-state index is 12.0. The van der Waals surface area contributed by atoms with Crippen LogP contribution in [-0.4, -0.2) is 11.0 Å². The lowest BCUT2D eigenvalue weighted by Crippen LogP contribution is -2.07. The summed E-state index contributed by atoms with van der Waals surface area (Å²) in [4.78, 5) is 16.0. The number of esters is 1. The van der Waals surface area contributed by atoms with Gasteiger partial charge in [-0.3, -0.25) is 4.98 Å².